The van der Waals surface area contributed by atoms with Gasteiger partial charge < -0.3 is 4.74 Å². The lowest BCUT2D eigenvalue weighted by atomic mass is 10.2. The van der Waals surface area contributed by atoms with E-state index in [4.69, 9.17) is 4.74 Å². The number of hydrogen-bond donors (Lipinski definition) is 0. The number of hydrogen-bond acceptors (Lipinski definition) is 4. The van der Waals surface area contributed by atoms with Crippen LogP contribution in [-0.2, 0) is 6.42 Å². The van der Waals surface area contributed by atoms with Crippen molar-refractivity contribution in [1.82, 2.24) is 9.55 Å². The molecular weight excluding hydrogens is 270 g/mol. The fraction of sp³-hybridized carbons (Fsp3) is 0.400. The molecule has 21 heavy (non-hydrogen) atoms. The lowest BCUT2D eigenvalue weighted by molar-refractivity contribution is -0.385. The largest absolute Gasteiger partial charge is 0.484 e. The van der Waals surface area contributed by atoms with E-state index in [1.165, 1.54) is 0 Å². The molecule has 0 N–H and O–H groups in total. The van der Waals surface area contributed by atoms with Crippen LogP contribution in [-0.4, -0.2) is 20.6 Å². The molecule has 0 aliphatic rings. The first-order chi connectivity index (χ1) is 10.0. The number of rotatable bonds is 6. The minimum atomic E-state index is -0.400. The summed E-state index contributed by atoms with van der Waals surface area (Å²) in [6, 6.07) is 5.10. The van der Waals surface area contributed by atoms with Crippen molar-refractivity contribution in [3.8, 4) is 11.4 Å². The van der Waals surface area contributed by atoms with Gasteiger partial charge in [-0.15, -0.1) is 0 Å². The Morgan fingerprint density at radius 3 is 2.81 bits per heavy atom. The Labute approximate surface area is 123 Å². The molecule has 2 aromatic rings. The highest BCUT2D eigenvalue weighted by atomic mass is 16.6. The van der Waals surface area contributed by atoms with Crippen LogP contribution in [0.5, 0.6) is 5.75 Å². The fourth-order valence-corrected chi connectivity index (χ4v) is 2.20. The van der Waals surface area contributed by atoms with Crippen LogP contribution in [0.25, 0.3) is 5.69 Å². The van der Waals surface area contributed by atoms with Gasteiger partial charge in [-0.1, -0.05) is 13.0 Å². The maximum absolute atomic E-state index is 11.5. The molecule has 1 heterocycles. The predicted octanol–water partition coefficient (Wildman–Crippen LogP) is 3.52. The van der Waals surface area contributed by atoms with E-state index in [1.54, 1.807) is 35.2 Å². The van der Waals surface area contributed by atoms with Gasteiger partial charge in [0.2, 0.25) is 0 Å². The third-order valence-corrected chi connectivity index (χ3v) is 2.97. The Balaban J connectivity index is 2.57. The Kier molecular flexibility index (Phi) is 4.57. The average Bonchev–Trinajstić information content (AvgIpc) is 2.86. The summed E-state index contributed by atoms with van der Waals surface area (Å²) >= 11 is 0. The van der Waals surface area contributed by atoms with Gasteiger partial charge in [0.25, 0.3) is 0 Å². The highest BCUT2D eigenvalue weighted by Crippen LogP contribution is 2.34. The van der Waals surface area contributed by atoms with Crippen LogP contribution < -0.4 is 4.74 Å². The molecule has 0 fully saturated rings. The molecule has 0 unspecified atom stereocenters. The van der Waals surface area contributed by atoms with Gasteiger partial charge in [0.1, 0.15) is 11.5 Å². The summed E-state index contributed by atoms with van der Waals surface area (Å²) in [4.78, 5) is 15.4. The van der Waals surface area contributed by atoms with Crippen LogP contribution >= 0.6 is 0 Å². The van der Waals surface area contributed by atoms with Crippen molar-refractivity contribution in [1.29, 1.82) is 0 Å². The number of para-hydroxylation sites is 1. The van der Waals surface area contributed by atoms with Gasteiger partial charge in [-0.2, -0.15) is 0 Å². The van der Waals surface area contributed by atoms with Gasteiger partial charge in [0.05, 0.1) is 11.0 Å². The summed E-state index contributed by atoms with van der Waals surface area (Å²) in [7, 11) is 0. The van der Waals surface area contributed by atoms with Gasteiger partial charge in [-0.25, -0.2) is 4.98 Å². The summed E-state index contributed by atoms with van der Waals surface area (Å²) in [5.41, 5.74) is 0.459. The molecule has 0 saturated carbocycles. The zero-order valence-corrected chi connectivity index (χ0v) is 12.4. The Morgan fingerprint density at radius 2 is 2.19 bits per heavy atom. The van der Waals surface area contributed by atoms with Crippen LogP contribution in [0.1, 0.15) is 33.0 Å². The first kappa shape index (κ1) is 15.0. The molecule has 112 valence electrons. The van der Waals surface area contributed by atoms with E-state index >= 15 is 0 Å². The summed E-state index contributed by atoms with van der Waals surface area (Å²) in [5.74, 6) is 1.09. The van der Waals surface area contributed by atoms with Crippen LogP contribution in [0, 0.1) is 10.1 Å². The number of benzene rings is 1. The predicted molar refractivity (Wildman–Crippen MR) is 80.0 cm³/mol. The highest BCUT2D eigenvalue weighted by Gasteiger charge is 2.24. The lowest BCUT2D eigenvalue weighted by Crippen LogP contribution is -2.10. The molecule has 0 amide bonds. The average molecular weight is 289 g/mol. The lowest BCUT2D eigenvalue weighted by Gasteiger charge is -2.13. The number of aryl methyl sites for hydroxylation is 1. The van der Waals surface area contributed by atoms with E-state index in [1.807, 2.05) is 20.8 Å². The van der Waals surface area contributed by atoms with Gasteiger partial charge in [0, 0.05) is 18.8 Å². The Bertz CT molecular complexity index is 635. The van der Waals surface area contributed by atoms with Gasteiger partial charge in [-0.05, 0) is 32.4 Å². The first-order valence-corrected chi connectivity index (χ1v) is 7.01. The third kappa shape index (κ3) is 3.21. The number of nitrogens with zero attached hydrogens (tertiary/aromatic N) is 3. The van der Waals surface area contributed by atoms with Gasteiger partial charge in [-0.3, -0.25) is 14.7 Å². The summed E-state index contributed by atoms with van der Waals surface area (Å²) in [5, 5.41) is 11.5. The molecule has 2 rings (SSSR count). The fourth-order valence-electron chi connectivity index (χ4n) is 2.20. The van der Waals surface area contributed by atoms with Crippen molar-refractivity contribution in [2.45, 2.75) is 39.7 Å². The van der Waals surface area contributed by atoms with Crippen LogP contribution in [0.15, 0.2) is 30.6 Å². The third-order valence-electron chi connectivity index (χ3n) is 2.97. The smallest absolute Gasteiger partial charge is 0.334 e. The second-order valence-corrected chi connectivity index (χ2v) is 5.01. The summed E-state index contributed by atoms with van der Waals surface area (Å²) in [6.07, 6.45) is 4.96. The zero-order chi connectivity index (χ0) is 15.4. The molecule has 6 nitrogen and oxygen atoms in total. The monoisotopic (exact) mass is 289 g/mol. The minimum Gasteiger partial charge on any atom is -0.484 e. The van der Waals surface area contributed by atoms with E-state index in [2.05, 4.69) is 4.98 Å². The maximum Gasteiger partial charge on any atom is 0.334 e. The quantitative estimate of drug-likeness (QED) is 0.602. The van der Waals surface area contributed by atoms with Crippen LogP contribution in [0.2, 0.25) is 0 Å². The van der Waals surface area contributed by atoms with Crippen LogP contribution in [0.3, 0.4) is 0 Å². The first-order valence-electron chi connectivity index (χ1n) is 7.01. The SMILES string of the molecule is CCCc1nccn1-c1cccc(OC(C)C)c1[N+](=O)[O-]. The zero-order valence-electron chi connectivity index (χ0n) is 12.4. The molecule has 0 aliphatic carbocycles. The molecule has 0 spiro atoms. The number of ether oxygens (including phenoxy) is 1. The summed E-state index contributed by atoms with van der Waals surface area (Å²) in [6.45, 7) is 5.73. The number of nitro benzene ring substituents is 1. The molecule has 0 bridgehead atoms. The molecule has 1 aromatic heterocycles. The van der Waals surface area contributed by atoms with Crippen molar-refractivity contribution in [3.63, 3.8) is 0 Å². The minimum absolute atomic E-state index is 0.0263. The van der Waals surface area contributed by atoms with E-state index in [-0.39, 0.29) is 17.5 Å². The number of nitro groups is 1. The van der Waals surface area contributed by atoms with Gasteiger partial charge >= 0.3 is 5.69 Å². The molecule has 6 heteroatoms. The highest BCUT2D eigenvalue weighted by molar-refractivity contribution is 5.61. The van der Waals surface area contributed by atoms with E-state index in [9.17, 15) is 10.1 Å². The van der Waals surface area contributed by atoms with Crippen molar-refractivity contribution in [2.75, 3.05) is 0 Å². The second kappa shape index (κ2) is 6.39. The molecule has 1 aromatic carbocycles. The van der Waals surface area contributed by atoms with Crippen molar-refractivity contribution >= 4 is 5.69 Å². The van der Waals surface area contributed by atoms with Crippen molar-refractivity contribution in [2.24, 2.45) is 0 Å². The molecular formula is C15H19N3O3. The Morgan fingerprint density at radius 1 is 1.43 bits per heavy atom. The Hall–Kier alpha value is -2.37. The van der Waals surface area contributed by atoms with Crippen LogP contribution in [0.4, 0.5) is 5.69 Å². The molecule has 0 atom stereocenters. The number of aromatic nitrogens is 2. The van der Waals surface area contributed by atoms with E-state index in [0.717, 1.165) is 18.7 Å². The molecule has 0 aliphatic heterocycles. The maximum atomic E-state index is 11.5. The van der Waals surface area contributed by atoms with Crippen molar-refractivity contribution < 1.29 is 9.66 Å². The standard InChI is InChI=1S/C15H19N3O3/c1-4-6-14-16-9-10-17(14)12-7-5-8-13(21-11(2)3)15(12)18(19)20/h5,7-11H,4,6H2,1-3H3. The topological polar surface area (TPSA) is 70.2 Å². The van der Waals surface area contributed by atoms with Gasteiger partial charge in [0.15, 0.2) is 5.75 Å². The van der Waals surface area contributed by atoms with E-state index in [0.29, 0.717) is 5.69 Å². The molecule has 0 radical (unpaired) electrons. The normalized spacial score (nSPS) is 10.9. The van der Waals surface area contributed by atoms with Crippen molar-refractivity contribution in [3.05, 3.63) is 46.5 Å². The molecule has 0 saturated heterocycles. The summed E-state index contributed by atoms with van der Waals surface area (Å²) < 4.78 is 7.33. The second-order valence-electron chi connectivity index (χ2n) is 5.01. The number of imidazole rings is 1. The van der Waals surface area contributed by atoms with E-state index < -0.39 is 4.92 Å².